The van der Waals surface area contributed by atoms with Crippen molar-refractivity contribution in [2.24, 2.45) is 0 Å². The van der Waals surface area contributed by atoms with E-state index in [0.29, 0.717) is 6.17 Å². The zero-order chi connectivity index (χ0) is 23.2. The molecular weight excluding hydrogens is 410 g/mol. The van der Waals surface area contributed by atoms with Crippen molar-refractivity contribution in [3.05, 3.63) is 77.9 Å². The van der Waals surface area contributed by atoms with Gasteiger partial charge in [0, 0.05) is 38.3 Å². The third kappa shape index (κ3) is 5.31. The first-order valence-corrected chi connectivity index (χ1v) is 12.4. The molecule has 2 saturated heterocycles. The molecule has 2 aliphatic heterocycles. The van der Waals surface area contributed by atoms with Crippen LogP contribution in [0.25, 0.3) is 0 Å². The molecule has 0 radical (unpaired) electrons. The number of phenols is 1. The van der Waals surface area contributed by atoms with Crippen LogP contribution < -0.4 is 0 Å². The van der Waals surface area contributed by atoms with Crippen LogP contribution in [-0.4, -0.2) is 64.6 Å². The van der Waals surface area contributed by atoms with Gasteiger partial charge in [-0.15, -0.1) is 6.58 Å². The van der Waals surface area contributed by atoms with Crippen LogP contribution in [0.1, 0.15) is 66.6 Å². The predicted molar refractivity (Wildman–Crippen MR) is 133 cm³/mol. The molecule has 1 N–H and O–H groups in total. The van der Waals surface area contributed by atoms with Gasteiger partial charge in [-0.3, -0.25) is 14.6 Å². The van der Waals surface area contributed by atoms with Gasteiger partial charge in [0.05, 0.1) is 12.2 Å². The molecule has 1 amide bonds. The van der Waals surface area contributed by atoms with E-state index in [1.54, 1.807) is 6.07 Å². The summed E-state index contributed by atoms with van der Waals surface area (Å²) in [6, 6.07) is 15.8. The average molecular weight is 448 g/mol. The van der Waals surface area contributed by atoms with Crippen molar-refractivity contribution in [1.82, 2.24) is 14.7 Å². The molecule has 0 aromatic heterocycles. The molecule has 2 fully saturated rings. The zero-order valence-corrected chi connectivity index (χ0v) is 19.8. The second kappa shape index (κ2) is 11.0. The number of carbonyl (C=O) groups excluding carboxylic acids is 1. The Labute approximate surface area is 198 Å². The maximum atomic E-state index is 13.0. The maximum Gasteiger partial charge on any atom is 0.253 e. The molecule has 2 aliphatic rings. The first-order valence-electron chi connectivity index (χ1n) is 12.4. The number of phenolic OH excluding ortho intramolecular Hbond substituents is 1. The fourth-order valence-corrected chi connectivity index (χ4v) is 5.40. The summed E-state index contributed by atoms with van der Waals surface area (Å²) in [6.45, 7) is 10.7. The van der Waals surface area contributed by atoms with Gasteiger partial charge in [0.25, 0.3) is 5.91 Å². The quantitative estimate of drug-likeness (QED) is 0.576. The number of hydrogen-bond donors (Lipinski definition) is 1. The Bertz CT molecular complexity index is 936. The molecule has 4 rings (SSSR count). The first-order chi connectivity index (χ1) is 16.1. The largest absolute Gasteiger partial charge is 0.508 e. The van der Waals surface area contributed by atoms with E-state index in [9.17, 15) is 9.90 Å². The SMILES string of the molecule is C=CCN1CCN(C(c2ccc(C(=O)N3CCCCC3)cc2)c2cccc(O)c2)C1CCC. The highest BCUT2D eigenvalue weighted by molar-refractivity contribution is 5.94. The lowest BCUT2D eigenvalue weighted by atomic mass is 9.95. The number of likely N-dealkylation sites (tertiary alicyclic amines) is 1. The Morgan fingerprint density at radius 1 is 1.06 bits per heavy atom. The number of piperidine rings is 1. The number of carbonyl (C=O) groups is 1. The van der Waals surface area contributed by atoms with Gasteiger partial charge in [0.15, 0.2) is 0 Å². The van der Waals surface area contributed by atoms with Crippen LogP contribution in [0.4, 0.5) is 0 Å². The third-order valence-corrected chi connectivity index (χ3v) is 6.99. The van der Waals surface area contributed by atoms with Crippen molar-refractivity contribution in [2.75, 3.05) is 32.7 Å². The number of nitrogens with zero attached hydrogens (tertiary/aromatic N) is 3. The van der Waals surface area contributed by atoms with Crippen LogP contribution in [0.5, 0.6) is 5.75 Å². The van der Waals surface area contributed by atoms with Gasteiger partial charge in [-0.2, -0.15) is 0 Å². The van der Waals surface area contributed by atoms with E-state index >= 15 is 0 Å². The fourth-order valence-electron chi connectivity index (χ4n) is 5.40. The fraction of sp³-hybridized carbons (Fsp3) is 0.464. The number of rotatable bonds is 8. The minimum Gasteiger partial charge on any atom is -0.508 e. The molecule has 2 heterocycles. The molecule has 176 valence electrons. The normalized spacial score (nSPS) is 20.6. The Morgan fingerprint density at radius 3 is 2.48 bits per heavy atom. The molecule has 0 aliphatic carbocycles. The lowest BCUT2D eigenvalue weighted by Gasteiger charge is -2.36. The summed E-state index contributed by atoms with van der Waals surface area (Å²) in [5.74, 6) is 0.418. The van der Waals surface area contributed by atoms with Gasteiger partial charge in [0.2, 0.25) is 0 Å². The molecule has 5 nitrogen and oxygen atoms in total. The van der Waals surface area contributed by atoms with Crippen molar-refractivity contribution >= 4 is 5.91 Å². The van der Waals surface area contributed by atoms with Crippen LogP contribution in [0.15, 0.2) is 61.2 Å². The molecule has 0 bridgehead atoms. The van der Waals surface area contributed by atoms with Crippen molar-refractivity contribution in [1.29, 1.82) is 0 Å². The van der Waals surface area contributed by atoms with Crippen LogP contribution >= 0.6 is 0 Å². The second-order valence-electron chi connectivity index (χ2n) is 9.26. The summed E-state index contributed by atoms with van der Waals surface area (Å²) in [7, 11) is 0. The van der Waals surface area contributed by atoms with Gasteiger partial charge in [-0.1, -0.05) is 43.7 Å². The highest BCUT2D eigenvalue weighted by Crippen LogP contribution is 2.36. The Balaban J connectivity index is 1.65. The first kappa shape index (κ1) is 23.5. The topological polar surface area (TPSA) is 47.0 Å². The van der Waals surface area contributed by atoms with Gasteiger partial charge in [0.1, 0.15) is 5.75 Å². The van der Waals surface area contributed by atoms with Crippen LogP contribution in [0.3, 0.4) is 0 Å². The highest BCUT2D eigenvalue weighted by atomic mass is 16.3. The molecule has 2 aromatic rings. The monoisotopic (exact) mass is 447 g/mol. The van der Waals surface area contributed by atoms with E-state index in [1.165, 1.54) is 6.42 Å². The standard InChI is InChI=1S/C28H37N3O2/c1-3-9-26-29(16-4-2)19-20-31(26)27(24-10-8-11-25(32)21-24)22-12-14-23(15-13-22)28(33)30-17-6-5-7-18-30/h4,8,10-15,21,26-27,32H,2-3,5-7,9,16-20H2,1H3. The molecular formula is C28H37N3O2. The van der Waals surface area contributed by atoms with Gasteiger partial charge < -0.3 is 10.0 Å². The summed E-state index contributed by atoms with van der Waals surface area (Å²) in [6.07, 6.45) is 7.88. The van der Waals surface area contributed by atoms with Crippen LogP contribution in [-0.2, 0) is 0 Å². The number of benzene rings is 2. The van der Waals surface area contributed by atoms with Crippen LogP contribution in [0, 0.1) is 0 Å². The number of hydrogen-bond acceptors (Lipinski definition) is 4. The van der Waals surface area contributed by atoms with Gasteiger partial charge >= 0.3 is 0 Å². The van der Waals surface area contributed by atoms with Crippen molar-refractivity contribution < 1.29 is 9.90 Å². The smallest absolute Gasteiger partial charge is 0.253 e. The Morgan fingerprint density at radius 2 is 1.82 bits per heavy atom. The lowest BCUT2D eigenvalue weighted by Crippen LogP contribution is -2.41. The highest BCUT2D eigenvalue weighted by Gasteiger charge is 2.36. The molecule has 33 heavy (non-hydrogen) atoms. The molecule has 0 spiro atoms. The molecule has 5 heteroatoms. The minimum atomic E-state index is 0.0163. The Kier molecular flexibility index (Phi) is 7.84. The van der Waals surface area contributed by atoms with Gasteiger partial charge in [-0.05, 0) is 61.1 Å². The minimum absolute atomic E-state index is 0.0163. The van der Waals surface area contributed by atoms with Gasteiger partial charge in [-0.25, -0.2) is 0 Å². The van der Waals surface area contributed by atoms with E-state index in [-0.39, 0.29) is 17.7 Å². The van der Waals surface area contributed by atoms with E-state index in [0.717, 1.165) is 75.1 Å². The molecule has 0 saturated carbocycles. The summed E-state index contributed by atoms with van der Waals surface area (Å²) in [5, 5.41) is 10.2. The summed E-state index contributed by atoms with van der Waals surface area (Å²) >= 11 is 0. The van der Waals surface area contributed by atoms with E-state index < -0.39 is 0 Å². The summed E-state index contributed by atoms with van der Waals surface area (Å²) in [5.41, 5.74) is 2.99. The zero-order valence-electron chi connectivity index (χ0n) is 19.8. The molecule has 2 atom stereocenters. The van der Waals surface area contributed by atoms with Crippen molar-refractivity contribution in [3.63, 3.8) is 0 Å². The van der Waals surface area contributed by atoms with Crippen LogP contribution in [0.2, 0.25) is 0 Å². The Hall–Kier alpha value is -2.63. The van der Waals surface area contributed by atoms with E-state index in [1.807, 2.05) is 35.2 Å². The van der Waals surface area contributed by atoms with Crippen molar-refractivity contribution in [3.8, 4) is 5.75 Å². The average Bonchev–Trinajstić information content (AvgIpc) is 3.22. The predicted octanol–water partition coefficient (Wildman–Crippen LogP) is 5.04. The van der Waals surface area contributed by atoms with Crippen molar-refractivity contribution in [2.45, 2.75) is 51.2 Å². The molecule has 2 aromatic carbocycles. The second-order valence-corrected chi connectivity index (χ2v) is 9.26. The van der Waals surface area contributed by atoms with E-state index in [2.05, 4.69) is 41.5 Å². The number of aromatic hydroxyl groups is 1. The summed E-state index contributed by atoms with van der Waals surface area (Å²) < 4.78 is 0. The number of amides is 1. The lowest BCUT2D eigenvalue weighted by molar-refractivity contribution is 0.0724. The van der Waals surface area contributed by atoms with E-state index in [4.69, 9.17) is 0 Å². The maximum absolute atomic E-state index is 13.0. The molecule has 2 unspecified atom stereocenters. The summed E-state index contributed by atoms with van der Waals surface area (Å²) in [4.78, 5) is 20.0. The third-order valence-electron chi connectivity index (χ3n) is 6.99.